The Morgan fingerprint density at radius 3 is 2.00 bits per heavy atom. The molecule has 0 saturated heterocycles. The summed E-state index contributed by atoms with van der Waals surface area (Å²) in [6.07, 6.45) is 8.75. The van der Waals surface area contributed by atoms with Crippen molar-refractivity contribution in [2.45, 2.75) is 97.5 Å². The molecule has 0 aliphatic rings. The van der Waals surface area contributed by atoms with Crippen molar-refractivity contribution in [3.63, 3.8) is 0 Å². The second-order valence-corrected chi connectivity index (χ2v) is 9.73. The lowest BCUT2D eigenvalue weighted by Gasteiger charge is -2.29. The number of esters is 1. The van der Waals surface area contributed by atoms with E-state index >= 15 is 0 Å². The van der Waals surface area contributed by atoms with E-state index in [1.165, 1.54) is 30.4 Å². The lowest BCUT2D eigenvalue weighted by molar-refractivity contribution is -0.873. The summed E-state index contributed by atoms with van der Waals surface area (Å²) in [5, 5.41) is 10.9. The average molecular weight is 438 g/mol. The number of nitrogens with zero attached hydrogens (tertiary/aromatic N) is 1. The van der Waals surface area contributed by atoms with Crippen molar-refractivity contribution < 1.29 is 28.3 Å². The summed E-state index contributed by atoms with van der Waals surface area (Å²) < 4.78 is 12.0. The third-order valence-electron chi connectivity index (χ3n) is 5.63. The van der Waals surface area contributed by atoms with Gasteiger partial charge in [0.05, 0.1) is 21.1 Å². The van der Waals surface area contributed by atoms with E-state index in [-0.39, 0.29) is 12.4 Å². The van der Waals surface area contributed by atoms with Gasteiger partial charge in [-0.1, -0.05) is 32.6 Å². The predicted molar refractivity (Wildman–Crippen MR) is 121 cm³/mol. The van der Waals surface area contributed by atoms with Crippen molar-refractivity contribution in [2.75, 3.05) is 27.7 Å². The molecular formula is C25H43NO5. The number of hydrogen-bond donors (Lipinski definition) is 0. The quantitative estimate of drug-likeness (QED) is 0.223. The Morgan fingerprint density at radius 2 is 1.48 bits per heavy atom. The van der Waals surface area contributed by atoms with Gasteiger partial charge < -0.3 is 23.5 Å². The molecule has 31 heavy (non-hydrogen) atoms. The zero-order valence-corrected chi connectivity index (χ0v) is 20.6. The van der Waals surface area contributed by atoms with E-state index < -0.39 is 12.1 Å². The zero-order valence-electron chi connectivity index (χ0n) is 20.6. The summed E-state index contributed by atoms with van der Waals surface area (Å²) in [6.45, 7) is 6.96. The molecule has 1 rings (SSSR count). The Labute approximate surface area is 188 Å². The molecule has 0 fully saturated rings. The molecule has 0 aromatic carbocycles. The fourth-order valence-electron chi connectivity index (χ4n) is 3.83. The number of quaternary nitrogens is 1. The molecule has 1 heterocycles. The normalized spacial score (nSPS) is 12.7. The lowest BCUT2D eigenvalue weighted by Crippen LogP contribution is -2.45. The van der Waals surface area contributed by atoms with Crippen LogP contribution in [0, 0.1) is 13.8 Å². The van der Waals surface area contributed by atoms with Crippen LogP contribution in [0.5, 0.6) is 0 Å². The van der Waals surface area contributed by atoms with Crippen molar-refractivity contribution in [2.24, 2.45) is 0 Å². The minimum absolute atomic E-state index is 0.260. The van der Waals surface area contributed by atoms with Gasteiger partial charge in [-0.05, 0) is 44.2 Å². The van der Waals surface area contributed by atoms with E-state index in [1.807, 2.05) is 21.1 Å². The molecule has 0 aliphatic carbocycles. The van der Waals surface area contributed by atoms with E-state index in [1.54, 1.807) is 0 Å². The predicted octanol–water partition coefficient (Wildman–Crippen LogP) is 3.88. The van der Waals surface area contributed by atoms with Crippen molar-refractivity contribution in [1.29, 1.82) is 0 Å². The molecule has 6 nitrogen and oxygen atoms in total. The molecule has 6 heteroatoms. The Bertz CT molecular complexity index is 687. The maximum absolute atomic E-state index is 12.1. The first kappa shape index (κ1) is 27.2. The standard InChI is InChI=1S/C25H43NO5/c1-7-8-11-14-22-19(2)20(3)23(31-22)15-12-9-10-13-16-25(29)30-21(17-24(27)28)18-26(4,5)6/h21H,7-18H2,1-6H3. The summed E-state index contributed by atoms with van der Waals surface area (Å²) in [4.78, 5) is 23.0. The highest BCUT2D eigenvalue weighted by Gasteiger charge is 2.22. The van der Waals surface area contributed by atoms with Crippen LogP contribution in [0.15, 0.2) is 4.42 Å². The molecular weight excluding hydrogens is 394 g/mol. The Balaban J connectivity index is 2.31. The topological polar surface area (TPSA) is 79.6 Å². The van der Waals surface area contributed by atoms with Gasteiger partial charge in [-0.3, -0.25) is 4.79 Å². The number of carboxylic acid groups (broad SMARTS) is 1. The molecule has 0 saturated carbocycles. The fourth-order valence-corrected chi connectivity index (χ4v) is 3.83. The van der Waals surface area contributed by atoms with E-state index in [9.17, 15) is 14.7 Å². The van der Waals surface area contributed by atoms with E-state index in [0.29, 0.717) is 17.4 Å². The molecule has 0 N–H and O–H groups in total. The minimum atomic E-state index is -1.19. The van der Waals surface area contributed by atoms with Gasteiger partial charge in [0.15, 0.2) is 6.10 Å². The van der Waals surface area contributed by atoms with Crippen molar-refractivity contribution in [3.8, 4) is 0 Å². The van der Waals surface area contributed by atoms with Crippen molar-refractivity contribution in [1.82, 2.24) is 0 Å². The number of ether oxygens (including phenoxy) is 1. The van der Waals surface area contributed by atoms with Crippen molar-refractivity contribution >= 4 is 11.9 Å². The highest BCUT2D eigenvalue weighted by molar-refractivity contribution is 5.70. The number of carboxylic acids is 1. The Morgan fingerprint density at radius 1 is 0.935 bits per heavy atom. The summed E-state index contributed by atoms with van der Waals surface area (Å²) in [7, 11) is 5.81. The van der Waals surface area contributed by atoms with E-state index in [2.05, 4.69) is 20.8 Å². The number of furan rings is 1. The largest absolute Gasteiger partial charge is 0.550 e. The van der Waals surface area contributed by atoms with Gasteiger partial charge >= 0.3 is 5.97 Å². The molecule has 0 radical (unpaired) electrons. The minimum Gasteiger partial charge on any atom is -0.550 e. The monoisotopic (exact) mass is 437 g/mol. The number of carbonyl (C=O) groups is 2. The number of carbonyl (C=O) groups excluding carboxylic acids is 2. The van der Waals surface area contributed by atoms with Gasteiger partial charge in [-0.15, -0.1) is 0 Å². The van der Waals surface area contributed by atoms with Crippen LogP contribution in [0.3, 0.4) is 0 Å². The van der Waals surface area contributed by atoms with Crippen LogP contribution >= 0.6 is 0 Å². The number of unbranched alkanes of at least 4 members (excludes halogenated alkanes) is 5. The average Bonchev–Trinajstić information content (AvgIpc) is 2.91. The summed E-state index contributed by atoms with van der Waals surface area (Å²) in [6, 6.07) is 0. The van der Waals surface area contributed by atoms with Gasteiger partial charge in [-0.25, -0.2) is 0 Å². The SMILES string of the molecule is CCCCCc1oc(CCCCCCC(=O)OC(CC(=O)[O-])C[N+](C)(C)C)c(C)c1C. The van der Waals surface area contributed by atoms with Crippen LogP contribution < -0.4 is 5.11 Å². The Hall–Kier alpha value is -1.82. The second-order valence-electron chi connectivity index (χ2n) is 9.73. The van der Waals surface area contributed by atoms with Gasteiger partial charge in [0, 0.05) is 31.7 Å². The molecule has 0 bridgehead atoms. The van der Waals surface area contributed by atoms with Gasteiger partial charge in [-0.2, -0.15) is 0 Å². The zero-order chi connectivity index (χ0) is 23.4. The number of aryl methyl sites for hydroxylation is 2. The first-order valence-electron chi connectivity index (χ1n) is 11.8. The summed E-state index contributed by atoms with van der Waals surface area (Å²) >= 11 is 0. The van der Waals surface area contributed by atoms with Gasteiger partial charge in [0.25, 0.3) is 0 Å². The second kappa shape index (κ2) is 13.6. The first-order chi connectivity index (χ1) is 14.5. The van der Waals surface area contributed by atoms with Crippen LogP contribution in [0.1, 0.15) is 87.4 Å². The highest BCUT2D eigenvalue weighted by Crippen LogP contribution is 2.25. The van der Waals surface area contributed by atoms with Crippen LogP contribution in [0.25, 0.3) is 0 Å². The third kappa shape index (κ3) is 11.4. The lowest BCUT2D eigenvalue weighted by atomic mass is 10.0. The number of hydrogen-bond acceptors (Lipinski definition) is 5. The van der Waals surface area contributed by atoms with Crippen LogP contribution in [0.4, 0.5) is 0 Å². The Kier molecular flexibility index (Phi) is 11.9. The number of rotatable bonds is 16. The molecule has 1 aromatic heterocycles. The molecule has 1 atom stereocenters. The molecule has 1 unspecified atom stereocenters. The highest BCUT2D eigenvalue weighted by atomic mass is 16.5. The van der Waals surface area contributed by atoms with Gasteiger partial charge in [0.1, 0.15) is 18.1 Å². The molecule has 0 amide bonds. The first-order valence-corrected chi connectivity index (χ1v) is 11.8. The van der Waals surface area contributed by atoms with Crippen LogP contribution in [-0.2, 0) is 27.2 Å². The number of likely N-dealkylation sites (N-methyl/N-ethyl adjacent to an activating group) is 1. The summed E-state index contributed by atoms with van der Waals surface area (Å²) in [5.74, 6) is 0.731. The molecule has 0 spiro atoms. The van der Waals surface area contributed by atoms with E-state index in [0.717, 1.165) is 50.0 Å². The molecule has 178 valence electrons. The third-order valence-corrected chi connectivity index (χ3v) is 5.63. The van der Waals surface area contributed by atoms with Gasteiger partial charge in [0.2, 0.25) is 0 Å². The van der Waals surface area contributed by atoms with E-state index in [4.69, 9.17) is 9.15 Å². The smallest absolute Gasteiger partial charge is 0.306 e. The maximum atomic E-state index is 12.1. The fraction of sp³-hybridized carbons (Fsp3) is 0.760. The molecule has 0 aliphatic heterocycles. The molecule has 1 aromatic rings. The van der Waals surface area contributed by atoms with Crippen molar-refractivity contribution in [3.05, 3.63) is 22.6 Å². The van der Waals surface area contributed by atoms with Crippen LogP contribution in [0.2, 0.25) is 0 Å². The summed E-state index contributed by atoms with van der Waals surface area (Å²) in [5.41, 5.74) is 2.58. The van der Waals surface area contributed by atoms with Crippen LogP contribution in [-0.4, -0.2) is 50.2 Å². The number of aliphatic carboxylic acids is 1. The maximum Gasteiger partial charge on any atom is 0.306 e.